The first kappa shape index (κ1) is 30.0. The lowest BCUT2D eigenvalue weighted by Crippen LogP contribution is -2.17. The predicted octanol–water partition coefficient (Wildman–Crippen LogP) is 10.2. The van der Waals surface area contributed by atoms with Crippen LogP contribution in [0, 0.1) is 10.8 Å². The highest BCUT2D eigenvalue weighted by molar-refractivity contribution is 7.42. The molecule has 1 rings (SSSR count). The lowest BCUT2D eigenvalue weighted by Gasteiger charge is -2.27. The van der Waals surface area contributed by atoms with Crippen LogP contribution in [0.5, 0.6) is 5.75 Å². The maximum atomic E-state index is 6.30. The molecule has 0 unspecified atom stereocenters. The van der Waals surface area contributed by atoms with Crippen LogP contribution in [-0.2, 0) is 19.9 Å². The second-order valence-electron chi connectivity index (χ2n) is 12.8. The molecule has 4 heteroatoms. The summed E-state index contributed by atoms with van der Waals surface area (Å²) in [5.41, 5.74) is 2.60. The smallest absolute Gasteiger partial charge is 0.416 e. The highest BCUT2D eigenvalue weighted by Gasteiger charge is 2.26. The van der Waals surface area contributed by atoms with E-state index in [2.05, 4.69) is 107 Å². The normalized spacial score (nSPS) is 14.3. The zero-order valence-electron chi connectivity index (χ0n) is 23.5. The molecule has 0 aliphatic rings. The van der Waals surface area contributed by atoms with Crippen molar-refractivity contribution < 1.29 is 13.6 Å². The minimum atomic E-state index is -1.67. The molecule has 0 fully saturated rings. The van der Waals surface area contributed by atoms with Gasteiger partial charge in [0.2, 0.25) is 0 Å². The molecule has 1 aromatic carbocycles. The van der Waals surface area contributed by atoms with Gasteiger partial charge in [-0.2, -0.15) is 0 Å². The molecule has 0 bridgehead atoms. The SMILES string of the molecule is CC(C)(C)/C=C/C=C/OP(O/C=C/C=C/C(C)(C)C)Oc1ccc(C(C)(C)C)cc1C(C)(C)C. The average Bonchev–Trinajstić information content (AvgIpc) is 2.63. The first-order chi connectivity index (χ1) is 15.4. The topological polar surface area (TPSA) is 27.7 Å². The molecular formula is C30H47O3P. The van der Waals surface area contributed by atoms with E-state index in [1.165, 1.54) is 5.56 Å². The third-order valence-electron chi connectivity index (χ3n) is 4.69. The first-order valence-corrected chi connectivity index (χ1v) is 13.1. The van der Waals surface area contributed by atoms with Crippen LogP contribution in [0.3, 0.4) is 0 Å². The van der Waals surface area contributed by atoms with Gasteiger partial charge >= 0.3 is 8.60 Å². The van der Waals surface area contributed by atoms with E-state index in [0.29, 0.717) is 0 Å². The van der Waals surface area contributed by atoms with Gasteiger partial charge in [0.05, 0.1) is 12.5 Å². The van der Waals surface area contributed by atoms with Gasteiger partial charge in [-0.05, 0) is 45.4 Å². The van der Waals surface area contributed by atoms with Crippen molar-refractivity contribution in [1.82, 2.24) is 0 Å². The minimum Gasteiger partial charge on any atom is -0.416 e. The van der Waals surface area contributed by atoms with Crippen LogP contribution in [0.2, 0.25) is 0 Å². The number of allylic oxidation sites excluding steroid dienone is 6. The van der Waals surface area contributed by atoms with Gasteiger partial charge in [0, 0.05) is 5.56 Å². The van der Waals surface area contributed by atoms with Crippen LogP contribution in [0.4, 0.5) is 0 Å². The number of hydrogen-bond donors (Lipinski definition) is 0. The van der Waals surface area contributed by atoms with Gasteiger partial charge in [-0.3, -0.25) is 0 Å². The van der Waals surface area contributed by atoms with Gasteiger partial charge in [0.15, 0.2) is 0 Å². The van der Waals surface area contributed by atoms with E-state index in [-0.39, 0.29) is 21.7 Å². The molecule has 3 nitrogen and oxygen atoms in total. The summed E-state index contributed by atoms with van der Waals surface area (Å²) in [7, 11) is -1.67. The third kappa shape index (κ3) is 12.5. The summed E-state index contributed by atoms with van der Waals surface area (Å²) in [5, 5.41) is 0. The Hall–Kier alpha value is -1.99. The summed E-state index contributed by atoms with van der Waals surface area (Å²) in [6.45, 7) is 26.2. The van der Waals surface area contributed by atoms with E-state index >= 15 is 0 Å². The maximum absolute atomic E-state index is 6.30. The molecule has 0 N–H and O–H groups in total. The molecule has 0 amide bonds. The van der Waals surface area contributed by atoms with Crippen molar-refractivity contribution in [3.05, 3.63) is 78.3 Å². The van der Waals surface area contributed by atoms with Crippen LogP contribution in [-0.4, -0.2) is 0 Å². The van der Waals surface area contributed by atoms with Gasteiger partial charge in [-0.1, -0.05) is 120 Å². The van der Waals surface area contributed by atoms with Crippen LogP contribution in [0.1, 0.15) is 94.2 Å². The van der Waals surface area contributed by atoms with Gasteiger partial charge in [0.25, 0.3) is 0 Å². The fourth-order valence-electron chi connectivity index (χ4n) is 2.76. The molecule has 0 spiro atoms. The van der Waals surface area contributed by atoms with E-state index < -0.39 is 8.60 Å². The lowest BCUT2D eigenvalue weighted by atomic mass is 9.80. The van der Waals surface area contributed by atoms with Crippen molar-refractivity contribution in [2.75, 3.05) is 0 Å². The zero-order valence-corrected chi connectivity index (χ0v) is 24.4. The molecule has 0 atom stereocenters. The summed E-state index contributed by atoms with van der Waals surface area (Å²) < 4.78 is 18.1. The van der Waals surface area contributed by atoms with Crippen molar-refractivity contribution in [3.63, 3.8) is 0 Å². The van der Waals surface area contributed by atoms with Crippen LogP contribution >= 0.6 is 8.60 Å². The quantitative estimate of drug-likeness (QED) is 0.208. The van der Waals surface area contributed by atoms with Crippen molar-refractivity contribution in [2.24, 2.45) is 10.8 Å². The second-order valence-corrected chi connectivity index (χ2v) is 13.9. The fourth-order valence-corrected chi connectivity index (χ4v) is 3.55. The van der Waals surface area contributed by atoms with E-state index in [0.717, 1.165) is 11.3 Å². The van der Waals surface area contributed by atoms with Crippen LogP contribution < -0.4 is 4.52 Å². The first-order valence-electron chi connectivity index (χ1n) is 12.0. The van der Waals surface area contributed by atoms with Crippen molar-refractivity contribution in [3.8, 4) is 5.75 Å². The Morgan fingerprint density at radius 1 is 0.618 bits per heavy atom. The summed E-state index contributed by atoms with van der Waals surface area (Å²) in [5.74, 6) is 0.781. The van der Waals surface area contributed by atoms with E-state index in [1.54, 1.807) is 12.5 Å². The lowest BCUT2D eigenvalue weighted by molar-refractivity contribution is 0.325. The van der Waals surface area contributed by atoms with Gasteiger partial charge < -0.3 is 13.6 Å². The Kier molecular flexibility index (Phi) is 10.7. The number of benzene rings is 1. The monoisotopic (exact) mass is 486 g/mol. The van der Waals surface area contributed by atoms with E-state index in [4.69, 9.17) is 13.6 Å². The maximum Gasteiger partial charge on any atom is 0.529 e. The Morgan fingerprint density at radius 2 is 1.09 bits per heavy atom. The van der Waals surface area contributed by atoms with Gasteiger partial charge in [-0.25, -0.2) is 0 Å². The third-order valence-corrected chi connectivity index (χ3v) is 5.63. The summed E-state index contributed by atoms with van der Waals surface area (Å²) in [6.07, 6.45) is 15.2. The van der Waals surface area contributed by atoms with E-state index in [9.17, 15) is 0 Å². The second kappa shape index (κ2) is 12.1. The Morgan fingerprint density at radius 3 is 1.47 bits per heavy atom. The van der Waals surface area contributed by atoms with Gasteiger partial charge in [-0.15, -0.1) is 0 Å². The Labute approximate surface area is 211 Å². The molecule has 0 saturated carbocycles. The highest BCUT2D eigenvalue weighted by atomic mass is 31.2. The molecular weight excluding hydrogens is 439 g/mol. The fraction of sp³-hybridized carbons (Fsp3) is 0.533. The standard InChI is InChI=1S/C30H47O3P/c1-27(2,3)19-13-15-21-31-34(32-22-16-14-20-28(4,5)6)33-26-18-17-24(29(7,8)9)23-25(26)30(10,11)12/h13-23H,1-12H3/b19-13+,20-14+,21-15+,22-16+. The number of rotatable bonds is 8. The minimum absolute atomic E-state index is 0.0561. The summed E-state index contributed by atoms with van der Waals surface area (Å²) in [4.78, 5) is 0. The highest BCUT2D eigenvalue weighted by Crippen LogP contribution is 2.45. The summed E-state index contributed by atoms with van der Waals surface area (Å²) in [6, 6.07) is 6.41. The Balaban J connectivity index is 3.16. The number of hydrogen-bond acceptors (Lipinski definition) is 3. The molecule has 0 aromatic heterocycles. The molecule has 0 aliphatic carbocycles. The van der Waals surface area contributed by atoms with Crippen molar-refractivity contribution >= 4 is 8.60 Å². The van der Waals surface area contributed by atoms with E-state index in [1.807, 2.05) is 30.4 Å². The average molecular weight is 487 g/mol. The molecule has 34 heavy (non-hydrogen) atoms. The zero-order chi connectivity index (χ0) is 26.2. The van der Waals surface area contributed by atoms with Gasteiger partial charge in [0.1, 0.15) is 5.75 Å². The van der Waals surface area contributed by atoms with Crippen molar-refractivity contribution in [1.29, 1.82) is 0 Å². The molecule has 0 heterocycles. The van der Waals surface area contributed by atoms with Crippen LogP contribution in [0.15, 0.2) is 67.2 Å². The molecule has 0 saturated heterocycles. The van der Waals surface area contributed by atoms with Crippen molar-refractivity contribution in [2.45, 2.75) is 93.9 Å². The molecule has 0 radical (unpaired) electrons. The molecule has 0 aliphatic heterocycles. The summed E-state index contributed by atoms with van der Waals surface area (Å²) >= 11 is 0. The molecule has 1 aromatic rings. The Bertz CT molecular complexity index is 844. The largest absolute Gasteiger partial charge is 0.529 e. The van der Waals surface area contributed by atoms with Crippen LogP contribution in [0.25, 0.3) is 0 Å². The molecule has 190 valence electrons. The predicted molar refractivity (Wildman–Crippen MR) is 149 cm³/mol.